The molecule has 0 aromatic heterocycles. The molecule has 0 aliphatic rings. The summed E-state index contributed by atoms with van der Waals surface area (Å²) in [7, 11) is 1.54. The third-order valence-electron chi connectivity index (χ3n) is 2.21. The zero-order valence-corrected chi connectivity index (χ0v) is 9.56. The van der Waals surface area contributed by atoms with E-state index in [-0.39, 0.29) is 0 Å². The van der Waals surface area contributed by atoms with Crippen molar-refractivity contribution >= 4 is 17.6 Å². The summed E-state index contributed by atoms with van der Waals surface area (Å²) in [6, 6.07) is 3.39. The number of methoxy groups -OCH3 is 1. The second-order valence-corrected chi connectivity index (χ2v) is 3.49. The van der Waals surface area contributed by atoms with Gasteiger partial charge in [0.1, 0.15) is 5.75 Å². The number of hydrogen-bond acceptors (Lipinski definition) is 4. The van der Waals surface area contributed by atoms with E-state index in [1.54, 1.807) is 25.3 Å². The Morgan fingerprint density at radius 1 is 1.47 bits per heavy atom. The fourth-order valence-electron chi connectivity index (χ4n) is 1.29. The molecule has 1 unspecified atom stereocenters. The summed E-state index contributed by atoms with van der Waals surface area (Å²) < 4.78 is 5.06. The second-order valence-electron chi connectivity index (χ2n) is 3.49. The predicted octanol–water partition coefficient (Wildman–Crippen LogP) is 0.354. The summed E-state index contributed by atoms with van der Waals surface area (Å²) in [5.41, 5.74) is 6.47. The number of carbonyl (C=O) groups is 2. The SMILES string of the molecule is COc1ccc(NC(=O)C(N)C(=O)O)cc1C. The standard InChI is InChI=1S/C11H14N2O4/c1-6-5-7(3-4-8(6)17-2)13-10(14)9(12)11(15)16/h3-5,9H,12H2,1-2H3,(H,13,14)(H,15,16). The number of carbonyl (C=O) groups excluding carboxylic acids is 1. The van der Waals surface area contributed by atoms with Gasteiger partial charge in [0.15, 0.2) is 6.04 Å². The fourth-order valence-corrected chi connectivity index (χ4v) is 1.29. The van der Waals surface area contributed by atoms with Crippen LogP contribution < -0.4 is 15.8 Å². The zero-order valence-electron chi connectivity index (χ0n) is 9.56. The number of hydrogen-bond donors (Lipinski definition) is 3. The van der Waals surface area contributed by atoms with Gasteiger partial charge in [-0.3, -0.25) is 4.79 Å². The molecular weight excluding hydrogens is 224 g/mol. The van der Waals surface area contributed by atoms with Crippen LogP contribution in [0.2, 0.25) is 0 Å². The molecule has 1 aromatic carbocycles. The molecule has 0 spiro atoms. The van der Waals surface area contributed by atoms with Crippen molar-refractivity contribution in [2.24, 2.45) is 5.73 Å². The van der Waals surface area contributed by atoms with Crippen molar-refractivity contribution in [2.45, 2.75) is 13.0 Å². The Bertz CT molecular complexity index is 445. The molecule has 0 heterocycles. The first kappa shape index (κ1) is 13.0. The van der Waals surface area contributed by atoms with Crippen LogP contribution in [-0.4, -0.2) is 30.1 Å². The number of aryl methyl sites for hydroxylation is 1. The summed E-state index contributed by atoms with van der Waals surface area (Å²) in [6.07, 6.45) is 0. The van der Waals surface area contributed by atoms with Gasteiger partial charge in [0.25, 0.3) is 5.91 Å². The van der Waals surface area contributed by atoms with Crippen LogP contribution in [0.4, 0.5) is 5.69 Å². The number of carboxylic acid groups (broad SMARTS) is 1. The largest absolute Gasteiger partial charge is 0.496 e. The number of anilines is 1. The zero-order chi connectivity index (χ0) is 13.0. The molecule has 4 N–H and O–H groups in total. The van der Waals surface area contributed by atoms with Crippen LogP contribution in [0.5, 0.6) is 5.75 Å². The Labute approximate surface area is 98.4 Å². The highest BCUT2D eigenvalue weighted by Gasteiger charge is 2.21. The highest BCUT2D eigenvalue weighted by Crippen LogP contribution is 2.21. The van der Waals surface area contributed by atoms with Crippen LogP contribution in [0, 0.1) is 6.92 Å². The van der Waals surface area contributed by atoms with E-state index >= 15 is 0 Å². The molecule has 1 amide bonds. The first-order valence-electron chi connectivity index (χ1n) is 4.89. The molecule has 92 valence electrons. The first-order chi connectivity index (χ1) is 7.95. The second kappa shape index (κ2) is 5.31. The van der Waals surface area contributed by atoms with Gasteiger partial charge in [0.05, 0.1) is 7.11 Å². The van der Waals surface area contributed by atoms with E-state index in [2.05, 4.69) is 5.32 Å². The van der Waals surface area contributed by atoms with Crippen molar-refractivity contribution in [1.82, 2.24) is 0 Å². The third-order valence-corrected chi connectivity index (χ3v) is 2.21. The van der Waals surface area contributed by atoms with Gasteiger partial charge in [-0.25, -0.2) is 4.79 Å². The van der Waals surface area contributed by atoms with Crippen LogP contribution in [0.25, 0.3) is 0 Å². The Morgan fingerprint density at radius 3 is 2.59 bits per heavy atom. The van der Waals surface area contributed by atoms with Crippen LogP contribution in [0.15, 0.2) is 18.2 Å². The number of nitrogens with two attached hydrogens (primary N) is 1. The van der Waals surface area contributed by atoms with Crippen molar-refractivity contribution in [3.63, 3.8) is 0 Å². The summed E-state index contributed by atoms with van der Waals surface area (Å²) >= 11 is 0. The third kappa shape index (κ3) is 3.18. The van der Waals surface area contributed by atoms with Crippen molar-refractivity contribution in [1.29, 1.82) is 0 Å². The Kier molecular flexibility index (Phi) is 4.06. The highest BCUT2D eigenvalue weighted by atomic mass is 16.5. The van der Waals surface area contributed by atoms with Crippen molar-refractivity contribution in [3.05, 3.63) is 23.8 Å². The first-order valence-corrected chi connectivity index (χ1v) is 4.89. The lowest BCUT2D eigenvalue weighted by molar-refractivity contribution is -0.141. The molecule has 0 aliphatic carbocycles. The molecule has 1 aromatic rings. The number of rotatable bonds is 4. The molecule has 6 heteroatoms. The Hall–Kier alpha value is -2.08. The maximum Gasteiger partial charge on any atom is 0.330 e. The van der Waals surface area contributed by atoms with Gasteiger partial charge in [-0.1, -0.05) is 0 Å². The van der Waals surface area contributed by atoms with Crippen LogP contribution in [0.1, 0.15) is 5.56 Å². The van der Waals surface area contributed by atoms with Gasteiger partial charge in [0, 0.05) is 5.69 Å². The molecule has 0 bridgehead atoms. The van der Waals surface area contributed by atoms with Crippen LogP contribution >= 0.6 is 0 Å². The van der Waals surface area contributed by atoms with E-state index in [0.29, 0.717) is 11.4 Å². The lowest BCUT2D eigenvalue weighted by Gasteiger charge is -2.10. The summed E-state index contributed by atoms with van der Waals surface area (Å²) in [6.45, 7) is 1.81. The minimum atomic E-state index is -1.57. The van der Waals surface area contributed by atoms with Crippen molar-refractivity contribution < 1.29 is 19.4 Å². The van der Waals surface area contributed by atoms with E-state index in [0.717, 1.165) is 5.56 Å². The molecule has 0 saturated heterocycles. The summed E-state index contributed by atoms with van der Waals surface area (Å²) in [5.74, 6) is -1.44. The van der Waals surface area contributed by atoms with Gasteiger partial charge in [-0.15, -0.1) is 0 Å². The quantitative estimate of drug-likeness (QED) is 0.657. The van der Waals surface area contributed by atoms with Crippen molar-refractivity contribution in [2.75, 3.05) is 12.4 Å². The number of nitrogens with one attached hydrogen (secondary N) is 1. The Morgan fingerprint density at radius 2 is 2.12 bits per heavy atom. The molecule has 0 aliphatic heterocycles. The molecule has 0 fully saturated rings. The average molecular weight is 238 g/mol. The lowest BCUT2D eigenvalue weighted by atomic mass is 10.2. The fraction of sp³-hybridized carbons (Fsp3) is 0.273. The molecule has 17 heavy (non-hydrogen) atoms. The molecule has 0 saturated carbocycles. The number of benzene rings is 1. The number of ether oxygens (including phenoxy) is 1. The number of aliphatic carboxylic acids is 1. The van der Waals surface area contributed by atoms with Gasteiger partial charge in [0.2, 0.25) is 0 Å². The van der Waals surface area contributed by atoms with E-state index < -0.39 is 17.9 Å². The van der Waals surface area contributed by atoms with E-state index in [4.69, 9.17) is 15.6 Å². The van der Waals surface area contributed by atoms with Crippen molar-refractivity contribution in [3.8, 4) is 5.75 Å². The van der Waals surface area contributed by atoms with Crippen LogP contribution in [-0.2, 0) is 9.59 Å². The number of carboxylic acids is 1. The average Bonchev–Trinajstić information content (AvgIpc) is 2.28. The maximum absolute atomic E-state index is 11.4. The minimum Gasteiger partial charge on any atom is -0.496 e. The minimum absolute atomic E-state index is 0.477. The van der Waals surface area contributed by atoms with Gasteiger partial charge >= 0.3 is 5.97 Å². The maximum atomic E-state index is 11.4. The molecular formula is C11H14N2O4. The number of amides is 1. The predicted molar refractivity (Wildman–Crippen MR) is 62.0 cm³/mol. The monoisotopic (exact) mass is 238 g/mol. The topological polar surface area (TPSA) is 102 Å². The molecule has 1 rings (SSSR count). The normalized spacial score (nSPS) is 11.7. The van der Waals surface area contributed by atoms with Gasteiger partial charge in [-0.2, -0.15) is 0 Å². The van der Waals surface area contributed by atoms with Gasteiger partial charge in [-0.05, 0) is 30.7 Å². The summed E-state index contributed by atoms with van der Waals surface area (Å²) in [4.78, 5) is 21.9. The molecule has 1 atom stereocenters. The van der Waals surface area contributed by atoms with E-state index in [9.17, 15) is 9.59 Å². The van der Waals surface area contributed by atoms with E-state index in [1.165, 1.54) is 0 Å². The Balaban J connectivity index is 2.79. The van der Waals surface area contributed by atoms with Crippen LogP contribution in [0.3, 0.4) is 0 Å². The smallest absolute Gasteiger partial charge is 0.330 e. The molecule has 6 nitrogen and oxygen atoms in total. The molecule has 0 radical (unpaired) electrons. The van der Waals surface area contributed by atoms with E-state index in [1.807, 2.05) is 6.92 Å². The van der Waals surface area contributed by atoms with Gasteiger partial charge < -0.3 is 20.9 Å². The lowest BCUT2D eigenvalue weighted by Crippen LogP contribution is -2.42. The summed E-state index contributed by atoms with van der Waals surface area (Å²) in [5, 5.41) is 11.0. The highest BCUT2D eigenvalue weighted by molar-refractivity contribution is 6.07.